The molecule has 1 aromatic carbocycles. The molecule has 2 rings (SSSR count). The van der Waals surface area contributed by atoms with Crippen LogP contribution in [0.25, 0.3) is 0 Å². The van der Waals surface area contributed by atoms with Crippen LogP contribution in [0.15, 0.2) is 72.9 Å². The molecule has 0 saturated heterocycles. The number of carboxylic acids is 1. The lowest BCUT2D eigenvalue weighted by atomic mass is 9.83. The number of fused-ring (bicyclic) bond motifs is 1. The molecular weight excluding hydrogens is 394 g/mol. The summed E-state index contributed by atoms with van der Waals surface area (Å²) >= 11 is 0. The van der Waals surface area contributed by atoms with E-state index in [0.717, 1.165) is 0 Å². The maximum absolute atomic E-state index is 12.5. The van der Waals surface area contributed by atoms with Gasteiger partial charge >= 0.3 is 5.97 Å². The van der Waals surface area contributed by atoms with Crippen LogP contribution in [0.5, 0.6) is 0 Å². The molecular formula is C25H31NO5. The van der Waals surface area contributed by atoms with Gasteiger partial charge in [0.25, 0.3) is 0 Å². The Morgan fingerprint density at radius 3 is 2.10 bits per heavy atom. The summed E-state index contributed by atoms with van der Waals surface area (Å²) in [5.41, 5.74) is 2.89. The third kappa shape index (κ3) is 8.78. The number of carboxylic acid groups (broad SMARTS) is 1. The predicted molar refractivity (Wildman–Crippen MR) is 123 cm³/mol. The predicted octanol–water partition coefficient (Wildman–Crippen LogP) is 4.69. The van der Waals surface area contributed by atoms with Gasteiger partial charge in [-0.25, -0.2) is 0 Å². The molecule has 0 heterocycles. The molecule has 0 spiro atoms. The first-order valence-corrected chi connectivity index (χ1v) is 9.84. The molecule has 1 aromatic rings. The van der Waals surface area contributed by atoms with Crippen LogP contribution in [0.1, 0.15) is 60.7 Å². The second-order valence-corrected chi connectivity index (χ2v) is 6.57. The number of nitrogens with one attached hydrogen (secondary N) is 1. The lowest BCUT2D eigenvalue weighted by Crippen LogP contribution is -2.29. The standard InChI is InChI=1S/C17H17NO5.C6H10.C2H4/c1-10-11(7-4-8-14(19)18-9-15(20)21)17(23)13-6-3-2-5-12(13)16(10)22;1-4-6(3)5-2;1-2/h2-3,5-6H,4,7-9H2,1H3,(H,18,19)(H,20,21);4-5H,1H2,2-3H3;1-2H2/b;6-5-;. The Kier molecular flexibility index (Phi) is 12.8. The Labute approximate surface area is 184 Å². The molecule has 0 fully saturated rings. The van der Waals surface area contributed by atoms with Crippen LogP contribution in [0.4, 0.5) is 0 Å². The van der Waals surface area contributed by atoms with E-state index in [1.165, 1.54) is 5.57 Å². The van der Waals surface area contributed by atoms with Crippen LogP contribution in [-0.4, -0.2) is 35.1 Å². The highest BCUT2D eigenvalue weighted by atomic mass is 16.4. The number of benzene rings is 1. The zero-order chi connectivity index (χ0) is 24.0. The van der Waals surface area contributed by atoms with Crippen molar-refractivity contribution in [2.24, 2.45) is 0 Å². The molecule has 31 heavy (non-hydrogen) atoms. The minimum absolute atomic E-state index is 0.104. The fourth-order valence-corrected chi connectivity index (χ4v) is 2.66. The summed E-state index contributed by atoms with van der Waals surface area (Å²) in [7, 11) is 0. The molecule has 0 atom stereocenters. The molecule has 0 bridgehead atoms. The Morgan fingerprint density at radius 2 is 1.65 bits per heavy atom. The molecule has 6 heteroatoms. The molecule has 0 unspecified atom stereocenters. The molecule has 0 aromatic heterocycles. The Morgan fingerprint density at radius 1 is 1.10 bits per heavy atom. The van der Waals surface area contributed by atoms with E-state index in [4.69, 9.17) is 5.11 Å². The van der Waals surface area contributed by atoms with E-state index in [-0.39, 0.29) is 23.9 Å². The van der Waals surface area contributed by atoms with E-state index in [0.29, 0.717) is 35.1 Å². The third-order valence-electron chi connectivity index (χ3n) is 4.53. The SMILES string of the molecule is C=C.C=C/C(C)=C\C.CC1=C(CCCC(=O)NCC(=O)O)C(=O)c2ccccc2C1=O. The van der Waals surface area contributed by atoms with Crippen LogP contribution < -0.4 is 5.32 Å². The van der Waals surface area contributed by atoms with Crippen LogP contribution in [0.2, 0.25) is 0 Å². The van der Waals surface area contributed by atoms with E-state index in [9.17, 15) is 19.2 Å². The van der Waals surface area contributed by atoms with Gasteiger partial charge in [-0.15, -0.1) is 13.2 Å². The maximum atomic E-state index is 12.5. The number of hydrogen-bond acceptors (Lipinski definition) is 4. The van der Waals surface area contributed by atoms with Crippen LogP contribution in [0, 0.1) is 0 Å². The van der Waals surface area contributed by atoms with Gasteiger partial charge in [0, 0.05) is 28.7 Å². The van der Waals surface area contributed by atoms with Gasteiger partial charge in [0.15, 0.2) is 11.6 Å². The largest absolute Gasteiger partial charge is 0.480 e. The minimum atomic E-state index is -1.11. The first-order chi connectivity index (χ1) is 14.7. The second kappa shape index (κ2) is 14.4. The van der Waals surface area contributed by atoms with Crippen molar-refractivity contribution in [3.63, 3.8) is 0 Å². The highest BCUT2D eigenvalue weighted by Gasteiger charge is 2.28. The normalized spacial score (nSPS) is 12.5. The van der Waals surface area contributed by atoms with Gasteiger partial charge in [0.05, 0.1) is 0 Å². The minimum Gasteiger partial charge on any atom is -0.480 e. The highest BCUT2D eigenvalue weighted by molar-refractivity contribution is 6.26. The Bertz CT molecular complexity index is 893. The number of aliphatic carboxylic acids is 1. The lowest BCUT2D eigenvalue weighted by molar-refractivity contribution is -0.137. The smallest absolute Gasteiger partial charge is 0.322 e. The summed E-state index contributed by atoms with van der Waals surface area (Å²) in [5, 5.41) is 10.7. The van der Waals surface area contributed by atoms with E-state index in [2.05, 4.69) is 25.1 Å². The number of carbonyl (C=O) groups is 4. The van der Waals surface area contributed by atoms with Gasteiger partial charge in [-0.1, -0.05) is 48.6 Å². The van der Waals surface area contributed by atoms with Gasteiger partial charge in [0.1, 0.15) is 6.54 Å². The van der Waals surface area contributed by atoms with Crippen molar-refractivity contribution in [3.05, 3.63) is 84.0 Å². The van der Waals surface area contributed by atoms with Gasteiger partial charge < -0.3 is 10.4 Å². The summed E-state index contributed by atoms with van der Waals surface area (Å²) in [4.78, 5) is 46.6. The Balaban J connectivity index is 0.000000970. The number of Topliss-reactive ketones (excluding diaryl/α,β-unsaturated/α-hetero) is 2. The number of amides is 1. The van der Waals surface area contributed by atoms with E-state index in [1.807, 2.05) is 26.0 Å². The van der Waals surface area contributed by atoms with Crippen molar-refractivity contribution in [1.29, 1.82) is 0 Å². The highest BCUT2D eigenvalue weighted by Crippen LogP contribution is 2.28. The van der Waals surface area contributed by atoms with Crippen molar-refractivity contribution in [3.8, 4) is 0 Å². The fraction of sp³-hybridized carbons (Fsp3) is 0.280. The summed E-state index contributed by atoms with van der Waals surface area (Å²) < 4.78 is 0. The Hall–Kier alpha value is -3.54. The topological polar surface area (TPSA) is 101 Å². The van der Waals surface area contributed by atoms with Gasteiger partial charge in [-0.05, 0) is 33.6 Å². The quantitative estimate of drug-likeness (QED) is 0.487. The molecule has 0 aliphatic heterocycles. The summed E-state index contributed by atoms with van der Waals surface area (Å²) in [6.45, 7) is 14.8. The molecule has 1 amide bonds. The lowest BCUT2D eigenvalue weighted by Gasteiger charge is -2.18. The van der Waals surface area contributed by atoms with Crippen LogP contribution >= 0.6 is 0 Å². The summed E-state index contributed by atoms with van der Waals surface area (Å²) in [6.07, 6.45) is 4.64. The maximum Gasteiger partial charge on any atom is 0.322 e. The molecule has 2 N–H and O–H groups in total. The number of carbonyl (C=O) groups excluding carboxylic acids is 3. The number of rotatable bonds is 7. The van der Waals surface area contributed by atoms with Crippen molar-refractivity contribution in [2.75, 3.05) is 6.54 Å². The fourth-order valence-electron chi connectivity index (χ4n) is 2.66. The van der Waals surface area contributed by atoms with Gasteiger partial charge in [-0.3, -0.25) is 19.2 Å². The van der Waals surface area contributed by atoms with Crippen molar-refractivity contribution in [2.45, 2.75) is 40.0 Å². The van der Waals surface area contributed by atoms with Gasteiger partial charge in [0.2, 0.25) is 5.91 Å². The zero-order valence-corrected chi connectivity index (χ0v) is 18.5. The molecule has 6 nitrogen and oxygen atoms in total. The third-order valence-corrected chi connectivity index (χ3v) is 4.53. The molecule has 1 aliphatic rings. The number of allylic oxidation sites excluding steroid dienone is 5. The first-order valence-electron chi connectivity index (χ1n) is 9.84. The van der Waals surface area contributed by atoms with Crippen molar-refractivity contribution in [1.82, 2.24) is 5.32 Å². The first kappa shape index (κ1) is 27.5. The zero-order valence-electron chi connectivity index (χ0n) is 18.5. The molecule has 166 valence electrons. The second-order valence-electron chi connectivity index (χ2n) is 6.57. The average Bonchev–Trinajstić information content (AvgIpc) is 2.79. The number of hydrogen-bond donors (Lipinski definition) is 2. The molecule has 0 saturated carbocycles. The van der Waals surface area contributed by atoms with Gasteiger partial charge in [-0.2, -0.15) is 0 Å². The molecule has 0 radical (unpaired) electrons. The van der Waals surface area contributed by atoms with E-state index < -0.39 is 12.5 Å². The van der Waals surface area contributed by atoms with E-state index in [1.54, 1.807) is 31.2 Å². The van der Waals surface area contributed by atoms with Crippen molar-refractivity contribution < 1.29 is 24.3 Å². The monoisotopic (exact) mass is 425 g/mol. The average molecular weight is 426 g/mol. The van der Waals surface area contributed by atoms with Crippen LogP contribution in [0.3, 0.4) is 0 Å². The summed E-state index contributed by atoms with van der Waals surface area (Å²) in [6, 6.07) is 6.69. The van der Waals surface area contributed by atoms with Crippen LogP contribution in [-0.2, 0) is 9.59 Å². The number of ketones is 2. The van der Waals surface area contributed by atoms with E-state index >= 15 is 0 Å². The van der Waals surface area contributed by atoms with Crippen molar-refractivity contribution >= 4 is 23.4 Å². The molecule has 1 aliphatic carbocycles. The summed E-state index contributed by atoms with van der Waals surface area (Å²) in [5.74, 6) is -1.84.